The molecule has 4 heteroatoms. The van der Waals surface area contributed by atoms with Gasteiger partial charge in [-0.2, -0.15) is 5.10 Å². The molecule has 3 nitrogen and oxygen atoms in total. The van der Waals surface area contributed by atoms with E-state index in [1.165, 1.54) is 16.1 Å². The number of hydrogen-bond acceptors (Lipinski definition) is 3. The molecule has 0 fully saturated rings. The molecule has 0 amide bonds. The third-order valence-corrected chi connectivity index (χ3v) is 4.15. The van der Waals surface area contributed by atoms with Gasteiger partial charge >= 0.3 is 0 Å². The average Bonchev–Trinajstić information content (AvgIpc) is 2.93. The molecule has 2 heterocycles. The minimum Gasteiger partial charge on any atom is -0.320 e. The number of thiophene rings is 1. The van der Waals surface area contributed by atoms with Gasteiger partial charge in [0.05, 0.1) is 18.8 Å². The normalized spacial score (nSPS) is 10.3. The molecule has 0 aliphatic rings. The summed E-state index contributed by atoms with van der Waals surface area (Å²) in [6.07, 6.45) is 1.03. The third-order valence-electron chi connectivity index (χ3n) is 3.25. The summed E-state index contributed by atoms with van der Waals surface area (Å²) >= 11 is 1.72. The van der Waals surface area contributed by atoms with Gasteiger partial charge in [0.15, 0.2) is 0 Å². The van der Waals surface area contributed by atoms with Crippen molar-refractivity contribution in [1.82, 2.24) is 9.78 Å². The first-order valence-electron chi connectivity index (χ1n) is 6.45. The first-order chi connectivity index (χ1) is 9.17. The van der Waals surface area contributed by atoms with Crippen LogP contribution in [0.2, 0.25) is 0 Å². The standard InChI is InChI=1S/C15H19N3S/c1-4-14-11(2)17-18(12(14)3)10-15-13(6-5-8-16)7-9-19-15/h7,9H,4,8,10,16H2,1-3H3. The molecule has 2 rings (SSSR count). The van der Waals surface area contributed by atoms with Crippen LogP contribution in [-0.2, 0) is 13.0 Å². The predicted octanol–water partition coefficient (Wildman–Crippen LogP) is 2.48. The number of nitrogens with zero attached hydrogens (tertiary/aromatic N) is 2. The number of aryl methyl sites for hydroxylation is 1. The molecule has 0 aliphatic carbocycles. The SMILES string of the molecule is CCc1c(C)nn(Cc2sccc2C#CCN)c1C. The molecule has 0 aromatic carbocycles. The van der Waals surface area contributed by atoms with Crippen molar-refractivity contribution >= 4 is 11.3 Å². The molecule has 0 unspecified atom stereocenters. The van der Waals surface area contributed by atoms with Crippen molar-refractivity contribution in [2.45, 2.75) is 33.7 Å². The summed E-state index contributed by atoms with van der Waals surface area (Å²) in [5.41, 5.74) is 10.2. The van der Waals surface area contributed by atoms with Crippen molar-refractivity contribution in [1.29, 1.82) is 0 Å². The highest BCUT2D eigenvalue weighted by molar-refractivity contribution is 7.10. The quantitative estimate of drug-likeness (QED) is 0.873. The highest BCUT2D eigenvalue weighted by Crippen LogP contribution is 2.20. The van der Waals surface area contributed by atoms with Crippen LogP contribution in [0.15, 0.2) is 11.4 Å². The molecule has 0 atom stereocenters. The molecule has 0 bridgehead atoms. The molecule has 2 aromatic rings. The average molecular weight is 273 g/mol. The van der Waals surface area contributed by atoms with Gasteiger partial charge < -0.3 is 5.73 Å². The van der Waals surface area contributed by atoms with Gasteiger partial charge in [0, 0.05) is 16.1 Å². The lowest BCUT2D eigenvalue weighted by molar-refractivity contribution is 0.664. The van der Waals surface area contributed by atoms with E-state index in [1.54, 1.807) is 11.3 Å². The van der Waals surface area contributed by atoms with Gasteiger partial charge in [-0.1, -0.05) is 18.8 Å². The summed E-state index contributed by atoms with van der Waals surface area (Å²) in [5.74, 6) is 6.04. The van der Waals surface area contributed by atoms with Crippen molar-refractivity contribution < 1.29 is 0 Å². The maximum Gasteiger partial charge on any atom is 0.0768 e. The monoisotopic (exact) mass is 273 g/mol. The Morgan fingerprint density at radius 2 is 2.21 bits per heavy atom. The molecule has 2 aromatic heterocycles. The van der Waals surface area contributed by atoms with Crippen molar-refractivity contribution in [3.63, 3.8) is 0 Å². The molecular weight excluding hydrogens is 254 g/mol. The van der Waals surface area contributed by atoms with E-state index in [9.17, 15) is 0 Å². The minimum atomic E-state index is 0.398. The van der Waals surface area contributed by atoms with E-state index in [0.29, 0.717) is 6.54 Å². The van der Waals surface area contributed by atoms with Crippen LogP contribution in [0.5, 0.6) is 0 Å². The van der Waals surface area contributed by atoms with E-state index in [1.807, 2.05) is 0 Å². The number of hydrogen-bond donors (Lipinski definition) is 1. The molecule has 100 valence electrons. The Morgan fingerprint density at radius 3 is 2.84 bits per heavy atom. The topological polar surface area (TPSA) is 43.8 Å². The molecule has 0 spiro atoms. The van der Waals surface area contributed by atoms with Gasteiger partial charge in [-0.05, 0) is 37.3 Å². The fourth-order valence-electron chi connectivity index (χ4n) is 2.26. The van der Waals surface area contributed by atoms with Crippen molar-refractivity contribution in [3.8, 4) is 11.8 Å². The van der Waals surface area contributed by atoms with Gasteiger partial charge in [-0.15, -0.1) is 11.3 Å². The second-order valence-electron chi connectivity index (χ2n) is 4.42. The van der Waals surface area contributed by atoms with Crippen LogP contribution in [0.3, 0.4) is 0 Å². The summed E-state index contributed by atoms with van der Waals surface area (Å²) in [6.45, 7) is 7.57. The minimum absolute atomic E-state index is 0.398. The summed E-state index contributed by atoms with van der Waals surface area (Å²) in [6, 6.07) is 2.05. The van der Waals surface area contributed by atoms with Crippen LogP contribution < -0.4 is 5.73 Å². The summed E-state index contributed by atoms with van der Waals surface area (Å²) in [7, 11) is 0. The molecule has 0 radical (unpaired) electrons. The van der Waals surface area contributed by atoms with E-state index in [-0.39, 0.29) is 0 Å². The van der Waals surface area contributed by atoms with Gasteiger partial charge in [-0.3, -0.25) is 4.68 Å². The fraction of sp³-hybridized carbons (Fsp3) is 0.400. The lowest BCUT2D eigenvalue weighted by Gasteiger charge is -2.04. The lowest BCUT2D eigenvalue weighted by Crippen LogP contribution is -2.04. The Kier molecular flexibility index (Phi) is 4.41. The first-order valence-corrected chi connectivity index (χ1v) is 7.33. The lowest BCUT2D eigenvalue weighted by atomic mass is 10.1. The Bertz CT molecular complexity index is 626. The van der Waals surface area contributed by atoms with E-state index in [4.69, 9.17) is 5.73 Å². The molecule has 0 aliphatic heterocycles. The maximum atomic E-state index is 5.43. The summed E-state index contributed by atoms with van der Waals surface area (Å²) in [5, 5.41) is 6.70. The van der Waals surface area contributed by atoms with Crippen LogP contribution in [0.1, 0.15) is 34.3 Å². The zero-order valence-corrected chi connectivity index (χ0v) is 12.5. The fourth-order valence-corrected chi connectivity index (χ4v) is 3.07. The molecule has 0 saturated heterocycles. The second-order valence-corrected chi connectivity index (χ2v) is 5.42. The Morgan fingerprint density at radius 1 is 1.42 bits per heavy atom. The van der Waals surface area contributed by atoms with E-state index in [2.05, 4.69) is 53.8 Å². The zero-order valence-electron chi connectivity index (χ0n) is 11.7. The van der Waals surface area contributed by atoms with E-state index >= 15 is 0 Å². The van der Waals surface area contributed by atoms with Gasteiger partial charge in [0.1, 0.15) is 0 Å². The molecule has 2 N–H and O–H groups in total. The smallest absolute Gasteiger partial charge is 0.0768 e. The van der Waals surface area contributed by atoms with Gasteiger partial charge in [0.25, 0.3) is 0 Å². The maximum absolute atomic E-state index is 5.43. The molecule has 19 heavy (non-hydrogen) atoms. The van der Waals surface area contributed by atoms with Crippen molar-refractivity contribution in [2.75, 3.05) is 6.54 Å². The van der Waals surface area contributed by atoms with Gasteiger partial charge in [0.2, 0.25) is 0 Å². The second kappa shape index (κ2) is 6.05. The number of rotatable bonds is 3. The highest BCUT2D eigenvalue weighted by Gasteiger charge is 2.11. The Balaban J connectivity index is 2.29. The zero-order chi connectivity index (χ0) is 13.8. The Labute approximate surface area is 118 Å². The van der Waals surface area contributed by atoms with Crippen LogP contribution in [0, 0.1) is 25.7 Å². The summed E-state index contributed by atoms with van der Waals surface area (Å²) < 4.78 is 2.08. The number of nitrogens with two attached hydrogens (primary N) is 1. The largest absolute Gasteiger partial charge is 0.320 e. The summed E-state index contributed by atoms with van der Waals surface area (Å²) in [4.78, 5) is 1.24. The predicted molar refractivity (Wildman–Crippen MR) is 80.4 cm³/mol. The molecular formula is C15H19N3S. The van der Waals surface area contributed by atoms with Gasteiger partial charge in [-0.25, -0.2) is 0 Å². The van der Waals surface area contributed by atoms with Crippen LogP contribution in [0.25, 0.3) is 0 Å². The van der Waals surface area contributed by atoms with Crippen LogP contribution >= 0.6 is 11.3 Å². The van der Waals surface area contributed by atoms with E-state index in [0.717, 1.165) is 24.2 Å². The first kappa shape index (κ1) is 13.9. The van der Waals surface area contributed by atoms with Crippen LogP contribution in [-0.4, -0.2) is 16.3 Å². The number of aromatic nitrogens is 2. The van der Waals surface area contributed by atoms with Crippen molar-refractivity contribution in [2.24, 2.45) is 5.73 Å². The molecule has 0 saturated carbocycles. The van der Waals surface area contributed by atoms with Crippen molar-refractivity contribution in [3.05, 3.63) is 38.8 Å². The van der Waals surface area contributed by atoms with E-state index < -0.39 is 0 Å². The van der Waals surface area contributed by atoms with Crippen LogP contribution in [0.4, 0.5) is 0 Å². The highest BCUT2D eigenvalue weighted by atomic mass is 32.1. The third kappa shape index (κ3) is 2.89. The Hall–Kier alpha value is -1.57.